The van der Waals surface area contributed by atoms with Crippen molar-refractivity contribution in [2.75, 3.05) is 19.6 Å². The van der Waals surface area contributed by atoms with Gasteiger partial charge in [0.05, 0.1) is 0 Å². The van der Waals surface area contributed by atoms with Crippen LogP contribution < -0.4 is 10.6 Å². The van der Waals surface area contributed by atoms with E-state index in [0.29, 0.717) is 5.92 Å². The van der Waals surface area contributed by atoms with Gasteiger partial charge in [-0.05, 0) is 32.1 Å². The Kier molecular flexibility index (Phi) is 12.7. The van der Waals surface area contributed by atoms with E-state index in [4.69, 9.17) is 4.99 Å². The summed E-state index contributed by atoms with van der Waals surface area (Å²) >= 11 is 0. The van der Waals surface area contributed by atoms with Crippen LogP contribution in [0.1, 0.15) is 77.4 Å². The summed E-state index contributed by atoms with van der Waals surface area (Å²) in [5, 5.41) is 15.6. The average Bonchev–Trinajstić information content (AvgIpc) is 2.88. The van der Waals surface area contributed by atoms with Gasteiger partial charge in [0.15, 0.2) is 5.96 Å². The molecule has 1 aromatic heterocycles. The van der Waals surface area contributed by atoms with Crippen LogP contribution in [0, 0.1) is 5.92 Å². The molecule has 0 spiro atoms. The van der Waals surface area contributed by atoms with Gasteiger partial charge in [-0.25, -0.2) is 0 Å². The largest absolute Gasteiger partial charge is 0.357 e. The van der Waals surface area contributed by atoms with Crippen molar-refractivity contribution < 1.29 is 0 Å². The summed E-state index contributed by atoms with van der Waals surface area (Å²) in [5.41, 5.74) is 0. The molecule has 2 rings (SSSR count). The van der Waals surface area contributed by atoms with Crippen LogP contribution in [-0.2, 0) is 19.4 Å². The molecule has 27 heavy (non-hydrogen) atoms. The predicted molar refractivity (Wildman–Crippen MR) is 124 cm³/mol. The Morgan fingerprint density at radius 1 is 1.15 bits per heavy atom. The molecule has 0 bridgehead atoms. The van der Waals surface area contributed by atoms with Crippen molar-refractivity contribution in [1.82, 2.24) is 25.4 Å². The van der Waals surface area contributed by atoms with Crippen LogP contribution >= 0.6 is 24.0 Å². The second-order valence-corrected chi connectivity index (χ2v) is 7.31. The lowest BCUT2D eigenvalue weighted by Gasteiger charge is -2.15. The quantitative estimate of drug-likeness (QED) is 0.296. The highest BCUT2D eigenvalue weighted by molar-refractivity contribution is 14.0. The first-order valence-corrected chi connectivity index (χ1v) is 10.7. The zero-order valence-electron chi connectivity index (χ0n) is 17.5. The van der Waals surface area contributed by atoms with Crippen molar-refractivity contribution >= 4 is 29.9 Å². The average molecular weight is 490 g/mol. The number of hydrogen-bond acceptors (Lipinski definition) is 3. The van der Waals surface area contributed by atoms with Crippen LogP contribution in [-0.4, -0.2) is 40.4 Å². The minimum atomic E-state index is 0. The highest BCUT2D eigenvalue weighted by Gasteiger charge is 2.14. The molecule has 0 saturated heterocycles. The predicted octanol–water partition coefficient (Wildman–Crippen LogP) is 3.94. The number of hydrogen-bond donors (Lipinski definition) is 2. The zero-order chi connectivity index (χ0) is 18.6. The first kappa shape index (κ1) is 24.2. The number of fused-ring (bicyclic) bond motifs is 1. The fourth-order valence-corrected chi connectivity index (χ4v) is 3.50. The topological polar surface area (TPSA) is 67.1 Å². The molecule has 0 radical (unpaired) electrons. The summed E-state index contributed by atoms with van der Waals surface area (Å²) < 4.78 is 2.33. The summed E-state index contributed by atoms with van der Waals surface area (Å²) in [4.78, 5) is 4.81. The number of halogens is 1. The van der Waals surface area contributed by atoms with Crippen LogP contribution in [0.2, 0.25) is 0 Å². The molecule has 1 unspecified atom stereocenters. The lowest BCUT2D eigenvalue weighted by atomic mass is 10.00. The van der Waals surface area contributed by atoms with Crippen molar-refractivity contribution in [3.63, 3.8) is 0 Å². The van der Waals surface area contributed by atoms with Crippen LogP contribution in [0.25, 0.3) is 0 Å². The van der Waals surface area contributed by atoms with Gasteiger partial charge in [0.25, 0.3) is 0 Å². The number of guanidine groups is 1. The van der Waals surface area contributed by atoms with E-state index in [1.807, 2.05) is 0 Å². The molecule has 1 atom stereocenters. The summed E-state index contributed by atoms with van der Waals surface area (Å²) in [6.45, 7) is 10.4. The Balaban J connectivity index is 0.00000364. The third-order valence-corrected chi connectivity index (χ3v) is 5.22. The molecule has 6 nitrogen and oxygen atoms in total. The van der Waals surface area contributed by atoms with Gasteiger partial charge in [0, 0.05) is 39.0 Å². The van der Waals surface area contributed by atoms with Crippen molar-refractivity contribution in [3.05, 3.63) is 11.6 Å². The molecule has 0 aromatic carbocycles. The van der Waals surface area contributed by atoms with Crippen LogP contribution in [0.3, 0.4) is 0 Å². The summed E-state index contributed by atoms with van der Waals surface area (Å²) in [6, 6.07) is 0. The number of nitrogens with one attached hydrogen (secondary N) is 2. The van der Waals surface area contributed by atoms with Crippen LogP contribution in [0.5, 0.6) is 0 Å². The summed E-state index contributed by atoms with van der Waals surface area (Å²) in [5.74, 6) is 3.90. The number of aromatic nitrogens is 3. The van der Waals surface area contributed by atoms with E-state index in [9.17, 15) is 0 Å². The molecular weight excluding hydrogens is 451 g/mol. The van der Waals surface area contributed by atoms with Gasteiger partial charge in [0.1, 0.15) is 11.6 Å². The lowest BCUT2D eigenvalue weighted by molar-refractivity contribution is 0.461. The zero-order valence-corrected chi connectivity index (χ0v) is 19.8. The van der Waals surface area contributed by atoms with Crippen LogP contribution in [0.4, 0.5) is 0 Å². The van der Waals surface area contributed by atoms with Crippen LogP contribution in [0.15, 0.2) is 4.99 Å². The summed E-state index contributed by atoms with van der Waals surface area (Å²) in [6.07, 6.45) is 10.8. The van der Waals surface area contributed by atoms with Gasteiger partial charge in [-0.2, -0.15) is 0 Å². The van der Waals surface area contributed by atoms with E-state index in [-0.39, 0.29) is 24.0 Å². The van der Waals surface area contributed by atoms with Crippen molar-refractivity contribution in [3.8, 4) is 0 Å². The lowest BCUT2D eigenvalue weighted by Crippen LogP contribution is -2.39. The molecule has 0 saturated carbocycles. The normalized spacial score (nSPS) is 15.4. The molecule has 2 N–H and O–H groups in total. The van der Waals surface area contributed by atoms with E-state index in [1.165, 1.54) is 50.8 Å². The first-order valence-electron chi connectivity index (χ1n) is 10.7. The van der Waals surface area contributed by atoms with Crippen molar-refractivity contribution in [2.24, 2.45) is 10.9 Å². The molecule has 2 heterocycles. The minimum absolute atomic E-state index is 0. The fraction of sp³-hybridized carbons (Fsp3) is 0.850. The monoisotopic (exact) mass is 490 g/mol. The molecule has 156 valence electrons. The second-order valence-electron chi connectivity index (χ2n) is 7.31. The number of nitrogens with zero attached hydrogens (tertiary/aromatic N) is 4. The molecule has 0 amide bonds. The summed E-state index contributed by atoms with van der Waals surface area (Å²) in [7, 11) is 0. The SMILES string of the molecule is CCCCC(CC)CN=C(NCC)NCCc1nnc2n1CCCCC2.I. The molecule has 1 aliphatic rings. The highest BCUT2D eigenvalue weighted by atomic mass is 127. The number of unbranched alkanes of at least 4 members (excludes halogenated alkanes) is 1. The van der Waals surface area contributed by atoms with Crippen molar-refractivity contribution in [1.29, 1.82) is 0 Å². The number of aryl methyl sites for hydroxylation is 1. The van der Waals surface area contributed by atoms with Gasteiger partial charge in [-0.1, -0.05) is 39.5 Å². The van der Waals surface area contributed by atoms with Gasteiger partial charge < -0.3 is 15.2 Å². The molecule has 0 aliphatic carbocycles. The second kappa shape index (κ2) is 14.2. The first-order chi connectivity index (χ1) is 12.8. The minimum Gasteiger partial charge on any atom is -0.357 e. The van der Waals surface area contributed by atoms with Gasteiger partial charge in [0.2, 0.25) is 0 Å². The molecular formula is C20H39IN6. The molecule has 0 fully saturated rings. The van der Waals surface area contributed by atoms with Gasteiger partial charge in [-0.3, -0.25) is 4.99 Å². The third-order valence-electron chi connectivity index (χ3n) is 5.22. The van der Waals surface area contributed by atoms with E-state index < -0.39 is 0 Å². The standard InChI is InChI=1S/C20H38N6.HI/c1-4-7-11-17(5-2)16-23-20(21-6-3)22-14-13-19-25-24-18-12-9-8-10-15-26(18)19;/h17H,4-16H2,1-3H3,(H2,21,22,23);1H. The Labute approximate surface area is 182 Å². The molecule has 7 heteroatoms. The Bertz CT molecular complexity index is 543. The molecule has 1 aliphatic heterocycles. The van der Waals surface area contributed by atoms with Gasteiger partial charge in [-0.15, -0.1) is 34.2 Å². The highest BCUT2D eigenvalue weighted by Crippen LogP contribution is 2.14. The smallest absolute Gasteiger partial charge is 0.191 e. The number of rotatable bonds is 10. The molecule has 1 aromatic rings. The Hall–Kier alpha value is -0.860. The van der Waals surface area contributed by atoms with E-state index in [1.54, 1.807) is 0 Å². The van der Waals surface area contributed by atoms with E-state index in [0.717, 1.165) is 50.8 Å². The van der Waals surface area contributed by atoms with Crippen molar-refractivity contribution in [2.45, 2.75) is 85.1 Å². The third kappa shape index (κ3) is 8.35. The number of aliphatic imine (C=N–C) groups is 1. The maximum atomic E-state index is 4.81. The maximum Gasteiger partial charge on any atom is 0.191 e. The van der Waals surface area contributed by atoms with E-state index >= 15 is 0 Å². The fourth-order valence-electron chi connectivity index (χ4n) is 3.50. The Morgan fingerprint density at radius 3 is 2.74 bits per heavy atom. The van der Waals surface area contributed by atoms with E-state index in [2.05, 4.69) is 46.2 Å². The Morgan fingerprint density at radius 2 is 2.00 bits per heavy atom. The van der Waals surface area contributed by atoms with Gasteiger partial charge >= 0.3 is 0 Å². The maximum absolute atomic E-state index is 4.81.